The summed E-state index contributed by atoms with van der Waals surface area (Å²) in [6.07, 6.45) is 0. The second-order valence-electron chi connectivity index (χ2n) is 6.19. The van der Waals surface area contributed by atoms with E-state index in [1.165, 1.54) is 17.4 Å². The predicted octanol–water partition coefficient (Wildman–Crippen LogP) is 2.97. The number of aromatic amines is 1. The van der Waals surface area contributed by atoms with Gasteiger partial charge in [-0.05, 0) is 55.8 Å². The molecule has 1 heterocycles. The molecule has 0 atom stereocenters. The summed E-state index contributed by atoms with van der Waals surface area (Å²) in [5, 5.41) is 6.33. The van der Waals surface area contributed by atoms with E-state index in [9.17, 15) is 13.2 Å². The van der Waals surface area contributed by atoms with Crippen molar-refractivity contribution in [1.29, 1.82) is 0 Å². The van der Waals surface area contributed by atoms with Gasteiger partial charge in [0.2, 0.25) is 0 Å². The zero-order valence-corrected chi connectivity index (χ0v) is 16.7. The summed E-state index contributed by atoms with van der Waals surface area (Å²) in [6.45, 7) is 4.17. The van der Waals surface area contributed by atoms with E-state index in [0.29, 0.717) is 34.9 Å². The molecule has 0 unspecified atom stereocenters. The third-order valence-electron chi connectivity index (χ3n) is 4.31. The van der Waals surface area contributed by atoms with Crippen LogP contribution in [0.25, 0.3) is 11.3 Å². The maximum atomic E-state index is 13.2. The van der Waals surface area contributed by atoms with Gasteiger partial charge in [-0.25, -0.2) is 13.5 Å². The molecule has 0 spiro atoms. The molecule has 28 heavy (non-hydrogen) atoms. The standard InChI is InChI=1S/C20H21N3O4S/c1-4-27-17-9-7-16(8-10-17)23(3)28(25,26)19-13-15(6-5-14(19)2)18-11-12-20(24)22-21-18/h5-13H,4H2,1-3H3,(H,22,24). The van der Waals surface area contributed by atoms with Crippen LogP contribution >= 0.6 is 0 Å². The summed E-state index contributed by atoms with van der Waals surface area (Å²) in [5.41, 5.74) is 1.90. The van der Waals surface area contributed by atoms with Gasteiger partial charge >= 0.3 is 0 Å². The Kier molecular flexibility index (Phi) is 5.51. The minimum Gasteiger partial charge on any atom is -0.494 e. The Morgan fingerprint density at radius 2 is 1.79 bits per heavy atom. The summed E-state index contributed by atoms with van der Waals surface area (Å²) in [4.78, 5) is 11.4. The van der Waals surface area contributed by atoms with E-state index < -0.39 is 10.0 Å². The monoisotopic (exact) mass is 399 g/mol. The SMILES string of the molecule is CCOc1ccc(N(C)S(=O)(=O)c2cc(-c3ccc(=O)[nH]n3)ccc2C)cc1. The quantitative estimate of drug-likeness (QED) is 0.688. The summed E-state index contributed by atoms with van der Waals surface area (Å²) in [6, 6.07) is 14.8. The van der Waals surface area contributed by atoms with Gasteiger partial charge in [0.25, 0.3) is 15.6 Å². The number of hydrogen-bond donors (Lipinski definition) is 1. The molecular formula is C20H21N3O4S. The van der Waals surface area contributed by atoms with Crippen LogP contribution in [0.1, 0.15) is 12.5 Å². The lowest BCUT2D eigenvalue weighted by atomic mass is 10.1. The number of aryl methyl sites for hydroxylation is 1. The molecule has 8 heteroatoms. The summed E-state index contributed by atoms with van der Waals surface area (Å²) >= 11 is 0. The molecule has 0 radical (unpaired) electrons. The van der Waals surface area contributed by atoms with E-state index in [2.05, 4.69) is 10.2 Å². The highest BCUT2D eigenvalue weighted by atomic mass is 32.2. The molecule has 3 aromatic rings. The van der Waals surface area contributed by atoms with Gasteiger partial charge in [0.15, 0.2) is 0 Å². The minimum absolute atomic E-state index is 0.175. The summed E-state index contributed by atoms with van der Waals surface area (Å²) in [7, 11) is -2.28. The Balaban J connectivity index is 1.99. The Labute approximate surface area is 163 Å². The predicted molar refractivity (Wildman–Crippen MR) is 108 cm³/mol. The van der Waals surface area contributed by atoms with E-state index in [-0.39, 0.29) is 10.5 Å². The van der Waals surface area contributed by atoms with Crippen molar-refractivity contribution in [2.75, 3.05) is 18.0 Å². The van der Waals surface area contributed by atoms with Crippen LogP contribution in [0.5, 0.6) is 5.75 Å². The average molecular weight is 399 g/mol. The van der Waals surface area contributed by atoms with Crippen LogP contribution in [0.3, 0.4) is 0 Å². The molecule has 0 saturated heterocycles. The Hall–Kier alpha value is -3.13. The average Bonchev–Trinajstić information content (AvgIpc) is 2.69. The van der Waals surface area contributed by atoms with Crippen molar-refractivity contribution in [2.24, 2.45) is 0 Å². The van der Waals surface area contributed by atoms with Gasteiger partial charge < -0.3 is 4.74 Å². The van der Waals surface area contributed by atoms with Crippen LogP contribution in [-0.4, -0.2) is 32.3 Å². The lowest BCUT2D eigenvalue weighted by Crippen LogP contribution is -2.27. The van der Waals surface area contributed by atoms with Crippen LogP contribution in [0.15, 0.2) is 64.3 Å². The number of hydrogen-bond acceptors (Lipinski definition) is 5. The molecule has 146 valence electrons. The molecule has 0 aliphatic rings. The van der Waals surface area contributed by atoms with Crippen molar-refractivity contribution in [2.45, 2.75) is 18.7 Å². The first-order valence-corrected chi connectivity index (χ1v) is 10.2. The fourth-order valence-corrected chi connectivity index (χ4v) is 4.19. The van der Waals surface area contributed by atoms with Crippen molar-refractivity contribution in [1.82, 2.24) is 10.2 Å². The Morgan fingerprint density at radius 1 is 1.07 bits per heavy atom. The lowest BCUT2D eigenvalue weighted by Gasteiger charge is -2.21. The Bertz CT molecular complexity index is 1120. The number of nitrogens with one attached hydrogen (secondary N) is 1. The molecule has 2 aromatic carbocycles. The molecule has 0 aliphatic heterocycles. The van der Waals surface area contributed by atoms with Gasteiger partial charge in [0.05, 0.1) is 22.9 Å². The molecule has 0 amide bonds. The molecule has 0 bridgehead atoms. The van der Waals surface area contributed by atoms with Gasteiger partial charge in [-0.2, -0.15) is 5.10 Å². The molecule has 0 saturated carbocycles. The largest absolute Gasteiger partial charge is 0.494 e. The van der Waals surface area contributed by atoms with Crippen molar-refractivity contribution < 1.29 is 13.2 Å². The van der Waals surface area contributed by atoms with E-state index in [4.69, 9.17) is 4.74 Å². The maximum Gasteiger partial charge on any atom is 0.264 e. The highest BCUT2D eigenvalue weighted by Crippen LogP contribution is 2.29. The normalized spacial score (nSPS) is 11.2. The first-order valence-electron chi connectivity index (χ1n) is 8.71. The van der Waals surface area contributed by atoms with E-state index in [1.54, 1.807) is 55.5 Å². The van der Waals surface area contributed by atoms with Crippen LogP contribution in [0.4, 0.5) is 5.69 Å². The number of aromatic nitrogens is 2. The van der Waals surface area contributed by atoms with Gasteiger partial charge in [0.1, 0.15) is 5.75 Å². The first-order chi connectivity index (χ1) is 13.3. The molecule has 0 fully saturated rings. The van der Waals surface area contributed by atoms with E-state index in [0.717, 1.165) is 0 Å². The number of anilines is 1. The molecule has 1 N–H and O–H groups in total. The van der Waals surface area contributed by atoms with E-state index in [1.807, 2.05) is 6.92 Å². The topological polar surface area (TPSA) is 92.4 Å². The first kappa shape index (κ1) is 19.6. The number of benzene rings is 2. The van der Waals surface area contributed by atoms with Crippen molar-refractivity contribution in [3.8, 4) is 17.0 Å². The molecule has 3 rings (SSSR count). The van der Waals surface area contributed by atoms with Gasteiger partial charge in [-0.3, -0.25) is 9.10 Å². The van der Waals surface area contributed by atoms with Crippen LogP contribution < -0.4 is 14.6 Å². The number of H-pyrrole nitrogens is 1. The zero-order valence-electron chi connectivity index (χ0n) is 15.8. The van der Waals surface area contributed by atoms with Gasteiger partial charge in [-0.15, -0.1) is 0 Å². The second-order valence-corrected chi connectivity index (χ2v) is 8.12. The zero-order chi connectivity index (χ0) is 20.3. The van der Waals surface area contributed by atoms with Crippen molar-refractivity contribution >= 4 is 15.7 Å². The van der Waals surface area contributed by atoms with Gasteiger partial charge in [-0.1, -0.05) is 12.1 Å². The third kappa shape index (κ3) is 3.91. The number of rotatable bonds is 6. The second kappa shape index (κ2) is 7.85. The van der Waals surface area contributed by atoms with Crippen LogP contribution in [-0.2, 0) is 10.0 Å². The fraction of sp³-hybridized carbons (Fsp3) is 0.200. The van der Waals surface area contributed by atoms with Crippen molar-refractivity contribution in [3.63, 3.8) is 0 Å². The maximum absolute atomic E-state index is 13.2. The van der Waals surface area contributed by atoms with Gasteiger partial charge in [0, 0.05) is 18.7 Å². The highest BCUT2D eigenvalue weighted by Gasteiger charge is 2.24. The molecule has 1 aromatic heterocycles. The van der Waals surface area contributed by atoms with E-state index >= 15 is 0 Å². The highest BCUT2D eigenvalue weighted by molar-refractivity contribution is 7.92. The van der Waals surface area contributed by atoms with Crippen LogP contribution in [0.2, 0.25) is 0 Å². The number of ether oxygens (including phenoxy) is 1. The number of sulfonamides is 1. The minimum atomic E-state index is -3.79. The smallest absolute Gasteiger partial charge is 0.264 e. The number of nitrogens with zero attached hydrogens (tertiary/aromatic N) is 2. The lowest BCUT2D eigenvalue weighted by molar-refractivity contribution is 0.340. The Morgan fingerprint density at radius 3 is 2.39 bits per heavy atom. The molecule has 7 nitrogen and oxygen atoms in total. The van der Waals surface area contributed by atoms with Crippen molar-refractivity contribution in [3.05, 3.63) is 70.5 Å². The summed E-state index contributed by atoms with van der Waals surface area (Å²) < 4.78 is 33.1. The summed E-state index contributed by atoms with van der Waals surface area (Å²) in [5.74, 6) is 0.680. The fourth-order valence-electron chi connectivity index (χ4n) is 2.75. The third-order valence-corrected chi connectivity index (χ3v) is 6.24. The van der Waals surface area contributed by atoms with Crippen LogP contribution in [0, 0.1) is 6.92 Å². The molecular weight excluding hydrogens is 378 g/mol. The molecule has 0 aliphatic carbocycles.